The van der Waals surface area contributed by atoms with Gasteiger partial charge in [0.15, 0.2) is 0 Å². The first kappa shape index (κ1) is 10.5. The molecule has 0 atom stereocenters. The highest BCUT2D eigenvalue weighted by atomic mass is 14.9. The van der Waals surface area contributed by atoms with Crippen molar-refractivity contribution in [2.75, 3.05) is 13.1 Å². The minimum absolute atomic E-state index is 0.549. The predicted octanol–water partition coefficient (Wildman–Crippen LogP) is 3.20. The van der Waals surface area contributed by atoms with Gasteiger partial charge in [-0.3, -0.25) is 0 Å². The van der Waals surface area contributed by atoms with Crippen molar-refractivity contribution in [1.82, 2.24) is 5.32 Å². The van der Waals surface area contributed by atoms with Crippen LogP contribution in [0, 0.1) is 16.2 Å². The molecule has 1 aliphatic heterocycles. The zero-order chi connectivity index (χ0) is 10.4. The predicted molar refractivity (Wildman–Crippen MR) is 61.3 cm³/mol. The number of nitrogens with one attached hydrogen (secondary N) is 1. The highest BCUT2D eigenvalue weighted by Crippen LogP contribution is 2.56. The molecule has 2 fully saturated rings. The molecule has 1 heterocycles. The second kappa shape index (κ2) is 2.98. The van der Waals surface area contributed by atoms with E-state index in [9.17, 15) is 0 Å². The van der Waals surface area contributed by atoms with Crippen LogP contribution in [0.3, 0.4) is 0 Å². The first-order valence-electron chi connectivity index (χ1n) is 6.04. The zero-order valence-corrected chi connectivity index (χ0v) is 10.2. The minimum atomic E-state index is 0.549. The maximum absolute atomic E-state index is 3.56. The van der Waals surface area contributed by atoms with Crippen LogP contribution in [0.4, 0.5) is 0 Å². The van der Waals surface area contributed by atoms with Gasteiger partial charge in [0.2, 0.25) is 0 Å². The third kappa shape index (κ3) is 1.98. The highest BCUT2D eigenvalue weighted by Gasteiger charge is 2.48. The van der Waals surface area contributed by atoms with E-state index in [1.165, 1.54) is 38.8 Å². The standard InChI is InChI=1S/C13H25N/c1-11(2)7-12(3,4)9-13(8-11)5-6-14-10-13/h14H,5-10H2,1-4H3. The minimum Gasteiger partial charge on any atom is -0.316 e. The Morgan fingerprint density at radius 3 is 1.86 bits per heavy atom. The van der Waals surface area contributed by atoms with Gasteiger partial charge in [-0.25, -0.2) is 0 Å². The van der Waals surface area contributed by atoms with Gasteiger partial charge in [0, 0.05) is 6.54 Å². The van der Waals surface area contributed by atoms with E-state index in [1.807, 2.05) is 0 Å². The molecule has 14 heavy (non-hydrogen) atoms. The molecule has 1 heteroatoms. The van der Waals surface area contributed by atoms with Crippen molar-refractivity contribution < 1.29 is 0 Å². The summed E-state index contributed by atoms with van der Waals surface area (Å²) < 4.78 is 0. The topological polar surface area (TPSA) is 12.0 Å². The van der Waals surface area contributed by atoms with E-state index in [-0.39, 0.29) is 0 Å². The van der Waals surface area contributed by atoms with E-state index in [4.69, 9.17) is 0 Å². The molecule has 0 radical (unpaired) electrons. The molecule has 0 aromatic heterocycles. The largest absolute Gasteiger partial charge is 0.316 e. The fourth-order valence-corrected chi connectivity index (χ4v) is 4.61. The van der Waals surface area contributed by atoms with Crippen LogP contribution < -0.4 is 5.32 Å². The first-order chi connectivity index (χ1) is 6.33. The summed E-state index contributed by atoms with van der Waals surface area (Å²) in [6.07, 6.45) is 5.65. The fraction of sp³-hybridized carbons (Fsp3) is 1.00. The maximum atomic E-state index is 3.56. The molecule has 0 amide bonds. The molecule has 0 unspecified atom stereocenters. The lowest BCUT2D eigenvalue weighted by atomic mass is 9.55. The first-order valence-corrected chi connectivity index (χ1v) is 6.04. The van der Waals surface area contributed by atoms with Gasteiger partial charge >= 0.3 is 0 Å². The van der Waals surface area contributed by atoms with Crippen LogP contribution in [0.5, 0.6) is 0 Å². The summed E-state index contributed by atoms with van der Waals surface area (Å²) in [5, 5.41) is 3.56. The Bertz CT molecular complexity index is 203. The van der Waals surface area contributed by atoms with Crippen molar-refractivity contribution in [3.8, 4) is 0 Å². The Morgan fingerprint density at radius 1 is 0.857 bits per heavy atom. The van der Waals surface area contributed by atoms with Crippen LogP contribution in [-0.2, 0) is 0 Å². The average Bonchev–Trinajstić information content (AvgIpc) is 2.27. The van der Waals surface area contributed by atoms with Crippen molar-refractivity contribution in [3.05, 3.63) is 0 Å². The second-order valence-corrected chi connectivity index (χ2v) is 7.29. The van der Waals surface area contributed by atoms with E-state index < -0.39 is 0 Å². The molecular formula is C13H25N. The third-order valence-corrected chi connectivity index (χ3v) is 4.00. The van der Waals surface area contributed by atoms with Gasteiger partial charge in [-0.05, 0) is 48.5 Å². The molecule has 1 saturated carbocycles. The van der Waals surface area contributed by atoms with Crippen molar-refractivity contribution in [1.29, 1.82) is 0 Å². The smallest absolute Gasteiger partial charge is 0.000869 e. The quantitative estimate of drug-likeness (QED) is 0.626. The van der Waals surface area contributed by atoms with Gasteiger partial charge in [-0.15, -0.1) is 0 Å². The Balaban J connectivity index is 2.20. The maximum Gasteiger partial charge on any atom is 0.000869 e. The molecule has 1 saturated heterocycles. The van der Waals surface area contributed by atoms with Crippen LogP contribution in [-0.4, -0.2) is 13.1 Å². The lowest BCUT2D eigenvalue weighted by Gasteiger charge is -2.50. The van der Waals surface area contributed by atoms with Crippen LogP contribution in [0.15, 0.2) is 0 Å². The normalized spacial score (nSPS) is 33.4. The summed E-state index contributed by atoms with van der Waals surface area (Å²) in [5.41, 5.74) is 1.73. The summed E-state index contributed by atoms with van der Waals surface area (Å²) in [4.78, 5) is 0. The Kier molecular flexibility index (Phi) is 2.23. The van der Waals surface area contributed by atoms with Gasteiger partial charge in [-0.2, -0.15) is 0 Å². The molecule has 1 aliphatic carbocycles. The number of hydrogen-bond acceptors (Lipinski definition) is 1. The molecule has 0 aromatic carbocycles. The van der Waals surface area contributed by atoms with Crippen molar-refractivity contribution >= 4 is 0 Å². The average molecular weight is 195 g/mol. The van der Waals surface area contributed by atoms with Crippen molar-refractivity contribution in [3.63, 3.8) is 0 Å². The van der Waals surface area contributed by atoms with Gasteiger partial charge < -0.3 is 5.32 Å². The van der Waals surface area contributed by atoms with Crippen LogP contribution >= 0.6 is 0 Å². The van der Waals surface area contributed by atoms with Crippen molar-refractivity contribution in [2.24, 2.45) is 16.2 Å². The molecule has 0 aromatic rings. The van der Waals surface area contributed by atoms with E-state index in [0.717, 1.165) is 0 Å². The lowest BCUT2D eigenvalue weighted by Crippen LogP contribution is -2.42. The van der Waals surface area contributed by atoms with Crippen LogP contribution in [0.1, 0.15) is 53.4 Å². The Hall–Kier alpha value is -0.0400. The number of rotatable bonds is 0. The molecule has 2 rings (SSSR count). The van der Waals surface area contributed by atoms with E-state index >= 15 is 0 Å². The molecule has 82 valence electrons. The van der Waals surface area contributed by atoms with Gasteiger partial charge in [0.1, 0.15) is 0 Å². The molecule has 1 nitrogen and oxygen atoms in total. The van der Waals surface area contributed by atoms with Gasteiger partial charge in [0.05, 0.1) is 0 Å². The summed E-state index contributed by atoms with van der Waals surface area (Å²) in [7, 11) is 0. The summed E-state index contributed by atoms with van der Waals surface area (Å²) in [6.45, 7) is 12.3. The molecule has 2 aliphatic rings. The monoisotopic (exact) mass is 195 g/mol. The SMILES string of the molecule is CC1(C)CC(C)(C)CC2(CCNC2)C1. The molecular weight excluding hydrogens is 170 g/mol. The van der Waals surface area contributed by atoms with E-state index in [1.54, 1.807) is 0 Å². The number of hydrogen-bond donors (Lipinski definition) is 1. The van der Waals surface area contributed by atoms with Crippen molar-refractivity contribution in [2.45, 2.75) is 53.4 Å². The van der Waals surface area contributed by atoms with Crippen LogP contribution in [0.2, 0.25) is 0 Å². The Labute approximate surface area is 88.7 Å². The summed E-state index contributed by atoms with van der Waals surface area (Å²) in [5.74, 6) is 0. The molecule has 1 N–H and O–H groups in total. The molecule has 1 spiro atoms. The molecule has 0 bridgehead atoms. The third-order valence-electron chi connectivity index (χ3n) is 4.00. The van der Waals surface area contributed by atoms with E-state index in [2.05, 4.69) is 33.0 Å². The highest BCUT2D eigenvalue weighted by molar-refractivity contribution is 5.00. The Morgan fingerprint density at radius 2 is 1.43 bits per heavy atom. The second-order valence-electron chi connectivity index (χ2n) is 7.29. The fourth-order valence-electron chi connectivity index (χ4n) is 4.61. The zero-order valence-electron chi connectivity index (χ0n) is 10.2. The van der Waals surface area contributed by atoms with Crippen LogP contribution in [0.25, 0.3) is 0 Å². The van der Waals surface area contributed by atoms with Gasteiger partial charge in [-0.1, -0.05) is 27.7 Å². The lowest BCUT2D eigenvalue weighted by molar-refractivity contribution is 0.00979. The van der Waals surface area contributed by atoms with Gasteiger partial charge in [0.25, 0.3) is 0 Å². The van der Waals surface area contributed by atoms with E-state index in [0.29, 0.717) is 16.2 Å². The summed E-state index contributed by atoms with van der Waals surface area (Å²) in [6, 6.07) is 0. The summed E-state index contributed by atoms with van der Waals surface area (Å²) >= 11 is 0.